The molecule has 0 saturated heterocycles. The number of carboxylic acid groups (broad SMARTS) is 2. The molecule has 3 aromatic rings. The highest BCUT2D eigenvalue weighted by Gasteiger charge is 3.07. The lowest BCUT2D eigenvalue weighted by Crippen LogP contribution is -2.44. The lowest BCUT2D eigenvalue weighted by molar-refractivity contribution is -0.193. The topological polar surface area (TPSA) is 215 Å². The summed E-state index contributed by atoms with van der Waals surface area (Å²) >= 11 is 7.15. The molecule has 0 spiro atoms. The molecule has 0 aliphatic heterocycles. The number of ether oxygens (including phenoxy) is 2. The van der Waals surface area contributed by atoms with Gasteiger partial charge in [0, 0.05) is 31.8 Å². The summed E-state index contributed by atoms with van der Waals surface area (Å²) in [7, 11) is 1.28. The minimum Gasteiger partial charge on any atom is -0.481 e. The van der Waals surface area contributed by atoms with Crippen LogP contribution < -0.4 is 10.6 Å². The number of carbonyl (C=O) groups is 4. The molecule has 50 heavy (non-hydrogen) atoms. The Balaban J connectivity index is 1.55. The number of fused-ring (bicyclic) bond motifs is 2. The van der Waals surface area contributed by atoms with Crippen molar-refractivity contribution in [2.24, 2.45) is 17.3 Å². The van der Waals surface area contributed by atoms with Gasteiger partial charge in [0.25, 0.3) is 0 Å². The van der Waals surface area contributed by atoms with Crippen LogP contribution in [0.4, 0.5) is 19.0 Å². The number of aliphatic hydroxyl groups excluding tert-OH is 1. The van der Waals surface area contributed by atoms with Crippen LogP contribution in [0, 0.1) is 29.1 Å². The van der Waals surface area contributed by atoms with Gasteiger partial charge in [0.2, 0.25) is 17.6 Å². The van der Waals surface area contributed by atoms with E-state index in [9.17, 15) is 37.5 Å². The molecule has 4 aliphatic rings. The normalized spacial score (nSPS) is 26.4. The number of aliphatic hydroxyl groups is 1. The van der Waals surface area contributed by atoms with Gasteiger partial charge < -0.3 is 35.4 Å². The third-order valence-corrected chi connectivity index (χ3v) is 10.2. The van der Waals surface area contributed by atoms with Gasteiger partial charge in [0.1, 0.15) is 12.2 Å². The van der Waals surface area contributed by atoms with E-state index in [0.717, 1.165) is 15.9 Å². The zero-order valence-electron chi connectivity index (χ0n) is 26.1. The summed E-state index contributed by atoms with van der Waals surface area (Å²) in [5.41, 5.74) is -4.09. The summed E-state index contributed by atoms with van der Waals surface area (Å²) in [6, 6.07) is 3.25. The molecule has 5 N–H and O–H groups in total. The van der Waals surface area contributed by atoms with Crippen LogP contribution in [0.3, 0.4) is 0 Å². The van der Waals surface area contributed by atoms with Crippen LogP contribution in [0.1, 0.15) is 49.1 Å². The third-order valence-electron chi connectivity index (χ3n) is 9.04. The van der Waals surface area contributed by atoms with Crippen molar-refractivity contribution in [1.29, 1.82) is 0 Å². The van der Waals surface area contributed by atoms with Gasteiger partial charge >= 0.3 is 24.1 Å². The molecule has 0 aromatic carbocycles. The first-order valence-electron chi connectivity index (χ1n) is 15.2. The molecule has 3 aromatic heterocycles. The molecule has 20 heteroatoms. The van der Waals surface area contributed by atoms with Crippen LogP contribution in [-0.2, 0) is 40.4 Å². The second kappa shape index (κ2) is 12.7. The first-order valence-corrected chi connectivity index (χ1v) is 16.4. The largest absolute Gasteiger partial charge is 0.481 e. The van der Waals surface area contributed by atoms with Crippen molar-refractivity contribution in [3.05, 3.63) is 33.0 Å². The standard InChI is InChI=1S/C30H28ClF3N6O9S/c1-3-36-24-19-25(38-14(37-24)7-5-12-4-6-13(31)50-12)40(26(39-19)30(32,33)34)29-20-21(29)28(20,27(47)35-2)22(48-17(45)10-8-15(41)42)23(29)49-18(46)11-9-16(43)44/h4,6,18,20-23,46H,3,8-11H2,1-2H3,(H,35,47)(H,41,42)(H,43,44)(H,36,37,38). The molecule has 266 valence electrons. The molecule has 5 atom stereocenters. The molecule has 4 aliphatic carbocycles. The molecular formula is C30H28ClF3N6O9S. The zero-order chi connectivity index (χ0) is 36.3. The fourth-order valence-corrected chi connectivity index (χ4v) is 8.20. The number of hydrogen-bond donors (Lipinski definition) is 5. The third kappa shape index (κ3) is 5.59. The van der Waals surface area contributed by atoms with Crippen LogP contribution in [-0.4, -0.2) is 90.7 Å². The van der Waals surface area contributed by atoms with Crippen LogP contribution in [0.5, 0.6) is 0 Å². The number of halogens is 4. The lowest BCUT2D eigenvalue weighted by Gasteiger charge is -2.31. The van der Waals surface area contributed by atoms with Crippen molar-refractivity contribution in [1.82, 2.24) is 24.8 Å². The highest BCUT2D eigenvalue weighted by Crippen LogP contribution is 2.95. The first kappa shape index (κ1) is 35.3. The minimum atomic E-state index is -5.12. The van der Waals surface area contributed by atoms with Crippen molar-refractivity contribution in [3.63, 3.8) is 0 Å². The summed E-state index contributed by atoms with van der Waals surface area (Å²) in [6.45, 7) is 1.91. The van der Waals surface area contributed by atoms with Crippen molar-refractivity contribution in [2.75, 3.05) is 18.9 Å². The Kier molecular flexibility index (Phi) is 8.95. The molecule has 4 fully saturated rings. The zero-order valence-corrected chi connectivity index (χ0v) is 27.6. The highest BCUT2D eigenvalue weighted by molar-refractivity contribution is 7.16. The molecule has 1 amide bonds. The SMILES string of the molecule is CCNc1nc(C#Cc2ccc(Cl)s2)nc2c1nc(C(F)(F)F)n2C12C(OC(O)CCC(=O)O)C(OC(=O)CCC(=O)O)C3(C(=O)NC)C1C32. The van der Waals surface area contributed by atoms with Gasteiger partial charge in [-0.3, -0.25) is 23.7 Å². The predicted octanol–water partition coefficient (Wildman–Crippen LogP) is 2.44. The second-order valence-corrected chi connectivity index (χ2v) is 13.5. The molecule has 5 unspecified atom stereocenters. The molecule has 0 radical (unpaired) electrons. The Labute approximate surface area is 289 Å². The van der Waals surface area contributed by atoms with E-state index in [1.54, 1.807) is 19.1 Å². The molecular weight excluding hydrogens is 713 g/mol. The van der Waals surface area contributed by atoms with Gasteiger partial charge in [-0.05, 0) is 30.9 Å². The first-order chi connectivity index (χ1) is 23.6. The summed E-state index contributed by atoms with van der Waals surface area (Å²) in [5.74, 6) is -2.45. The van der Waals surface area contributed by atoms with Crippen LogP contribution >= 0.6 is 22.9 Å². The van der Waals surface area contributed by atoms with Gasteiger partial charge in [-0.25, -0.2) is 15.0 Å². The number of thiophene rings is 1. The summed E-state index contributed by atoms with van der Waals surface area (Å²) < 4.78 is 57.6. The molecule has 4 saturated carbocycles. The van der Waals surface area contributed by atoms with Crippen molar-refractivity contribution < 1.29 is 57.1 Å². The Morgan fingerprint density at radius 3 is 2.36 bits per heavy atom. The van der Waals surface area contributed by atoms with Crippen LogP contribution in [0.15, 0.2) is 12.1 Å². The van der Waals surface area contributed by atoms with Crippen molar-refractivity contribution in [3.8, 4) is 11.8 Å². The number of carboxylic acids is 2. The van der Waals surface area contributed by atoms with Gasteiger partial charge in [-0.2, -0.15) is 13.2 Å². The van der Waals surface area contributed by atoms with E-state index in [-0.39, 0.29) is 29.4 Å². The van der Waals surface area contributed by atoms with E-state index < -0.39 is 103 Å². The summed E-state index contributed by atoms with van der Waals surface area (Å²) in [6.07, 6.45) is -12.7. The van der Waals surface area contributed by atoms with Crippen molar-refractivity contribution in [2.45, 2.75) is 62.8 Å². The number of carbonyl (C=O) groups excluding carboxylic acids is 2. The van der Waals surface area contributed by atoms with E-state index in [1.165, 1.54) is 7.05 Å². The number of aliphatic carboxylic acids is 2. The highest BCUT2D eigenvalue weighted by atomic mass is 35.5. The molecule has 2 bridgehead atoms. The summed E-state index contributed by atoms with van der Waals surface area (Å²) in [4.78, 5) is 61.8. The van der Waals surface area contributed by atoms with Crippen LogP contribution in [0.25, 0.3) is 11.2 Å². The maximum absolute atomic E-state index is 15.0. The van der Waals surface area contributed by atoms with Gasteiger partial charge in [0.15, 0.2) is 23.3 Å². The molecule has 7 rings (SSSR count). The second-order valence-electron chi connectivity index (χ2n) is 11.8. The Hall–Kier alpha value is -4.51. The van der Waals surface area contributed by atoms with E-state index in [4.69, 9.17) is 31.3 Å². The monoisotopic (exact) mass is 740 g/mol. The number of nitrogens with zero attached hydrogens (tertiary/aromatic N) is 4. The Bertz CT molecular complexity index is 1960. The number of nitrogens with one attached hydrogen (secondary N) is 2. The average molecular weight is 741 g/mol. The number of rotatable bonds is 13. The number of alkyl halides is 3. The number of esters is 1. The Morgan fingerprint density at radius 2 is 1.78 bits per heavy atom. The van der Waals surface area contributed by atoms with Gasteiger partial charge in [0.05, 0.1) is 39.4 Å². The van der Waals surface area contributed by atoms with E-state index >= 15 is 0 Å². The van der Waals surface area contributed by atoms with Gasteiger partial charge in [-0.1, -0.05) is 11.6 Å². The fraction of sp³-hybridized carbons (Fsp3) is 0.500. The Morgan fingerprint density at radius 1 is 1.08 bits per heavy atom. The van der Waals surface area contributed by atoms with E-state index in [0.29, 0.717) is 9.21 Å². The summed E-state index contributed by atoms with van der Waals surface area (Å²) in [5, 5.41) is 34.4. The molecule has 3 heterocycles. The maximum Gasteiger partial charge on any atom is 0.449 e. The predicted molar refractivity (Wildman–Crippen MR) is 166 cm³/mol. The molecule has 15 nitrogen and oxygen atoms in total. The smallest absolute Gasteiger partial charge is 0.449 e. The number of aromatic nitrogens is 4. The lowest BCUT2D eigenvalue weighted by atomic mass is 9.91. The van der Waals surface area contributed by atoms with E-state index in [2.05, 4.69) is 37.4 Å². The van der Waals surface area contributed by atoms with Crippen LogP contribution in [0.2, 0.25) is 4.34 Å². The number of amides is 1. The van der Waals surface area contributed by atoms with Gasteiger partial charge in [-0.15, -0.1) is 11.3 Å². The van der Waals surface area contributed by atoms with Crippen molar-refractivity contribution >= 4 is 63.7 Å². The quantitative estimate of drug-likeness (QED) is 0.0969. The number of anilines is 1. The maximum atomic E-state index is 15.0. The number of imidazole rings is 1. The van der Waals surface area contributed by atoms with E-state index in [1.807, 2.05) is 0 Å². The fourth-order valence-electron chi connectivity index (χ4n) is 7.30. The minimum absolute atomic E-state index is 0.0767. The number of hydrogen-bond acceptors (Lipinski definition) is 12. The average Bonchev–Trinajstić information content (AvgIpc) is 3.69.